The summed E-state index contributed by atoms with van der Waals surface area (Å²) in [6.07, 6.45) is 1.96. The molecule has 0 aliphatic carbocycles. The summed E-state index contributed by atoms with van der Waals surface area (Å²) < 4.78 is 13.7. The summed E-state index contributed by atoms with van der Waals surface area (Å²) in [5, 5.41) is 3.28. The number of carbonyl (C=O) groups is 1. The predicted octanol–water partition coefficient (Wildman–Crippen LogP) is 1.27. The average Bonchev–Trinajstić information content (AvgIpc) is 2.83. The largest absolute Gasteiger partial charge is 0.365 e. The third kappa shape index (κ3) is 2.08. The zero-order valence-electron chi connectivity index (χ0n) is 10.4. The monoisotopic (exact) mass is 262 g/mol. The van der Waals surface area contributed by atoms with Gasteiger partial charge >= 0.3 is 0 Å². The Morgan fingerprint density at radius 3 is 2.79 bits per heavy atom. The van der Waals surface area contributed by atoms with Crippen molar-refractivity contribution in [2.24, 2.45) is 5.73 Å². The van der Waals surface area contributed by atoms with Crippen LogP contribution in [-0.2, 0) is 0 Å². The summed E-state index contributed by atoms with van der Waals surface area (Å²) >= 11 is 0. The molecule has 2 heterocycles. The van der Waals surface area contributed by atoms with Crippen LogP contribution in [0.3, 0.4) is 0 Å². The Bertz CT molecular complexity index is 631. The fourth-order valence-electron chi connectivity index (χ4n) is 2.59. The van der Waals surface area contributed by atoms with E-state index in [1.807, 2.05) is 0 Å². The van der Waals surface area contributed by atoms with Crippen molar-refractivity contribution in [1.82, 2.24) is 15.3 Å². The second kappa shape index (κ2) is 4.62. The lowest BCUT2D eigenvalue weighted by molar-refractivity contribution is 0.0998. The van der Waals surface area contributed by atoms with Gasteiger partial charge in [-0.15, -0.1) is 0 Å². The van der Waals surface area contributed by atoms with E-state index < -0.39 is 11.7 Å². The first kappa shape index (κ1) is 12.1. The number of carbonyl (C=O) groups excluding carboxylic acids is 1. The second-order valence-electron chi connectivity index (χ2n) is 4.83. The maximum absolute atomic E-state index is 13.7. The molecule has 19 heavy (non-hydrogen) atoms. The highest BCUT2D eigenvalue weighted by Gasteiger charge is 2.21. The van der Waals surface area contributed by atoms with Gasteiger partial charge in [0, 0.05) is 5.92 Å². The van der Waals surface area contributed by atoms with E-state index in [2.05, 4.69) is 15.3 Å². The van der Waals surface area contributed by atoms with Gasteiger partial charge in [-0.25, -0.2) is 9.37 Å². The molecule has 1 aromatic heterocycles. The van der Waals surface area contributed by atoms with E-state index in [1.165, 1.54) is 6.07 Å². The number of nitrogens with zero attached hydrogens (tertiary/aromatic N) is 1. The van der Waals surface area contributed by atoms with Crippen molar-refractivity contribution in [2.45, 2.75) is 18.8 Å². The van der Waals surface area contributed by atoms with E-state index in [4.69, 9.17) is 5.73 Å². The first-order valence-electron chi connectivity index (χ1n) is 6.35. The van der Waals surface area contributed by atoms with E-state index in [0.717, 1.165) is 31.8 Å². The van der Waals surface area contributed by atoms with Gasteiger partial charge in [0.05, 0.1) is 5.52 Å². The van der Waals surface area contributed by atoms with Gasteiger partial charge in [-0.1, -0.05) is 0 Å². The van der Waals surface area contributed by atoms with Gasteiger partial charge in [0.15, 0.2) is 0 Å². The summed E-state index contributed by atoms with van der Waals surface area (Å²) in [5.41, 5.74) is 6.09. The number of nitrogens with two attached hydrogens (primary N) is 1. The molecule has 2 aromatic rings. The van der Waals surface area contributed by atoms with Gasteiger partial charge in [-0.05, 0) is 38.1 Å². The number of imidazole rings is 1. The van der Waals surface area contributed by atoms with Gasteiger partial charge in [-0.3, -0.25) is 4.79 Å². The van der Waals surface area contributed by atoms with Crippen molar-refractivity contribution in [3.8, 4) is 0 Å². The topological polar surface area (TPSA) is 83.8 Å². The highest BCUT2D eigenvalue weighted by molar-refractivity contribution is 6.04. The van der Waals surface area contributed by atoms with E-state index in [1.54, 1.807) is 6.07 Å². The minimum atomic E-state index is -0.786. The quantitative estimate of drug-likeness (QED) is 0.762. The van der Waals surface area contributed by atoms with Crippen LogP contribution < -0.4 is 11.1 Å². The van der Waals surface area contributed by atoms with Gasteiger partial charge < -0.3 is 16.0 Å². The summed E-state index contributed by atoms with van der Waals surface area (Å²) in [4.78, 5) is 18.9. The number of hydrogen-bond donors (Lipinski definition) is 3. The molecule has 100 valence electrons. The van der Waals surface area contributed by atoms with Crippen LogP contribution in [0.4, 0.5) is 4.39 Å². The molecule has 1 amide bonds. The average molecular weight is 262 g/mol. The number of aromatic amines is 1. The van der Waals surface area contributed by atoms with Gasteiger partial charge in [0.2, 0.25) is 0 Å². The predicted molar refractivity (Wildman–Crippen MR) is 69.4 cm³/mol. The summed E-state index contributed by atoms with van der Waals surface area (Å²) in [6, 6.07) is 2.83. The number of rotatable bonds is 2. The number of primary amides is 1. The standard InChI is InChI=1S/C13H15FN4O/c14-8-1-2-9-11(10(8)12(15)19)18-13(17-9)7-3-5-16-6-4-7/h1-2,7,16H,3-6H2,(H2,15,19)(H,17,18). The number of aromatic nitrogens is 2. The third-order valence-electron chi connectivity index (χ3n) is 3.59. The summed E-state index contributed by atoms with van der Waals surface area (Å²) in [7, 11) is 0. The molecular formula is C13H15FN4O. The van der Waals surface area contributed by atoms with Gasteiger partial charge in [0.25, 0.3) is 5.91 Å². The molecule has 0 saturated carbocycles. The number of amides is 1. The van der Waals surface area contributed by atoms with E-state index in [-0.39, 0.29) is 5.56 Å². The maximum Gasteiger partial charge on any atom is 0.253 e. The number of fused-ring (bicyclic) bond motifs is 1. The molecule has 1 fully saturated rings. The van der Waals surface area contributed by atoms with Crippen LogP contribution in [-0.4, -0.2) is 29.0 Å². The van der Waals surface area contributed by atoms with Crippen LogP contribution in [0, 0.1) is 5.82 Å². The van der Waals surface area contributed by atoms with Gasteiger partial charge in [-0.2, -0.15) is 0 Å². The zero-order valence-corrected chi connectivity index (χ0v) is 10.4. The third-order valence-corrected chi connectivity index (χ3v) is 3.59. The van der Waals surface area contributed by atoms with Crippen LogP contribution in [0.2, 0.25) is 0 Å². The Morgan fingerprint density at radius 2 is 2.11 bits per heavy atom. The fourth-order valence-corrected chi connectivity index (χ4v) is 2.59. The number of halogens is 1. The molecular weight excluding hydrogens is 247 g/mol. The van der Waals surface area contributed by atoms with Crippen molar-refractivity contribution in [1.29, 1.82) is 0 Å². The van der Waals surface area contributed by atoms with Crippen LogP contribution in [0.5, 0.6) is 0 Å². The molecule has 4 N–H and O–H groups in total. The molecule has 1 aliphatic rings. The van der Waals surface area contributed by atoms with Crippen LogP contribution in [0.25, 0.3) is 11.0 Å². The lowest BCUT2D eigenvalue weighted by Crippen LogP contribution is -2.27. The first-order chi connectivity index (χ1) is 9.16. The lowest BCUT2D eigenvalue weighted by atomic mass is 9.98. The molecule has 1 aliphatic heterocycles. The zero-order chi connectivity index (χ0) is 13.4. The molecule has 0 unspecified atom stereocenters. The molecule has 0 atom stereocenters. The number of hydrogen-bond acceptors (Lipinski definition) is 3. The molecule has 5 nitrogen and oxygen atoms in total. The minimum Gasteiger partial charge on any atom is -0.365 e. The first-order valence-corrected chi connectivity index (χ1v) is 6.35. The van der Waals surface area contributed by atoms with Crippen molar-refractivity contribution >= 4 is 16.9 Å². The van der Waals surface area contributed by atoms with E-state index >= 15 is 0 Å². The molecule has 0 radical (unpaired) electrons. The van der Waals surface area contributed by atoms with E-state index in [9.17, 15) is 9.18 Å². The normalized spacial score (nSPS) is 16.9. The highest BCUT2D eigenvalue weighted by atomic mass is 19.1. The lowest BCUT2D eigenvalue weighted by Gasteiger charge is -2.20. The maximum atomic E-state index is 13.7. The SMILES string of the molecule is NC(=O)c1c(F)ccc2[nH]c(C3CCNCC3)nc12. The van der Waals surface area contributed by atoms with Crippen molar-refractivity contribution in [2.75, 3.05) is 13.1 Å². The Hall–Kier alpha value is -1.95. The smallest absolute Gasteiger partial charge is 0.253 e. The summed E-state index contributed by atoms with van der Waals surface area (Å²) in [5.74, 6) is -0.281. The number of benzene rings is 1. The van der Waals surface area contributed by atoms with Crippen molar-refractivity contribution < 1.29 is 9.18 Å². The fraction of sp³-hybridized carbons (Fsp3) is 0.385. The number of piperidine rings is 1. The molecule has 3 rings (SSSR count). The molecule has 6 heteroatoms. The second-order valence-corrected chi connectivity index (χ2v) is 4.83. The highest BCUT2D eigenvalue weighted by Crippen LogP contribution is 2.27. The number of H-pyrrole nitrogens is 1. The molecule has 1 saturated heterocycles. The Morgan fingerprint density at radius 1 is 1.37 bits per heavy atom. The number of nitrogens with one attached hydrogen (secondary N) is 2. The van der Waals surface area contributed by atoms with Crippen LogP contribution in [0.15, 0.2) is 12.1 Å². The minimum absolute atomic E-state index is 0.131. The molecule has 0 spiro atoms. The molecule has 1 aromatic carbocycles. The molecule has 0 bridgehead atoms. The van der Waals surface area contributed by atoms with E-state index in [0.29, 0.717) is 17.0 Å². The van der Waals surface area contributed by atoms with Crippen LogP contribution >= 0.6 is 0 Å². The Labute approximate surface area is 109 Å². The van der Waals surface area contributed by atoms with Crippen LogP contribution in [0.1, 0.15) is 34.9 Å². The van der Waals surface area contributed by atoms with Gasteiger partial charge in [0.1, 0.15) is 22.7 Å². The Kier molecular flexibility index (Phi) is 2.94. The van der Waals surface area contributed by atoms with Crippen molar-refractivity contribution in [3.05, 3.63) is 29.3 Å². The summed E-state index contributed by atoms with van der Waals surface area (Å²) in [6.45, 7) is 1.89. The Balaban J connectivity index is 2.09. The van der Waals surface area contributed by atoms with Crippen molar-refractivity contribution in [3.63, 3.8) is 0 Å².